The normalized spacial score (nSPS) is 18.2. The van der Waals surface area contributed by atoms with Gasteiger partial charge < -0.3 is 9.80 Å². The molecule has 4 rings (SSSR count). The molecule has 2 fully saturated rings. The number of aryl methyl sites for hydroxylation is 2. The van der Waals surface area contributed by atoms with Crippen LogP contribution in [-0.4, -0.2) is 78.6 Å². The van der Waals surface area contributed by atoms with E-state index < -0.39 is 10.0 Å². The van der Waals surface area contributed by atoms with Crippen LogP contribution in [0.25, 0.3) is 0 Å². The van der Waals surface area contributed by atoms with Crippen LogP contribution in [0.3, 0.4) is 0 Å². The van der Waals surface area contributed by atoms with Gasteiger partial charge in [-0.2, -0.15) is 4.31 Å². The number of amides is 2. The Morgan fingerprint density at radius 2 is 1.59 bits per heavy atom. The molecule has 0 atom stereocenters. The number of piperidine rings is 1. The summed E-state index contributed by atoms with van der Waals surface area (Å²) in [4.78, 5) is 33.8. The molecular formula is C25H32N4O4S. The quantitative estimate of drug-likeness (QED) is 0.648. The van der Waals surface area contributed by atoms with Gasteiger partial charge in [0.2, 0.25) is 21.8 Å². The van der Waals surface area contributed by atoms with E-state index in [-0.39, 0.29) is 24.2 Å². The molecule has 182 valence electrons. The number of rotatable bonds is 5. The van der Waals surface area contributed by atoms with Crippen molar-refractivity contribution in [1.82, 2.24) is 19.1 Å². The Bertz CT molecular complexity index is 1140. The predicted octanol–water partition coefficient (Wildman–Crippen LogP) is 2.01. The number of piperazine rings is 1. The molecule has 9 heteroatoms. The van der Waals surface area contributed by atoms with E-state index in [0.29, 0.717) is 57.0 Å². The first-order valence-corrected chi connectivity index (χ1v) is 13.2. The van der Waals surface area contributed by atoms with Crippen LogP contribution >= 0.6 is 0 Å². The van der Waals surface area contributed by atoms with Gasteiger partial charge in [-0.1, -0.05) is 12.1 Å². The number of benzene rings is 1. The smallest absolute Gasteiger partial charge is 0.243 e. The van der Waals surface area contributed by atoms with Crippen molar-refractivity contribution in [3.63, 3.8) is 0 Å². The Morgan fingerprint density at radius 1 is 0.912 bits per heavy atom. The average Bonchev–Trinajstić information content (AvgIpc) is 2.86. The van der Waals surface area contributed by atoms with Crippen molar-refractivity contribution in [3.05, 3.63) is 59.4 Å². The third-order valence-corrected chi connectivity index (χ3v) is 8.82. The zero-order chi connectivity index (χ0) is 24.3. The Kier molecular flexibility index (Phi) is 7.33. The van der Waals surface area contributed by atoms with E-state index in [1.165, 1.54) is 4.31 Å². The number of nitrogens with zero attached hydrogens (tertiary/aromatic N) is 4. The van der Waals surface area contributed by atoms with E-state index in [9.17, 15) is 18.0 Å². The topological polar surface area (TPSA) is 90.9 Å². The lowest BCUT2D eigenvalue weighted by Crippen LogP contribution is -2.53. The minimum absolute atomic E-state index is 0.0238. The second-order valence-corrected chi connectivity index (χ2v) is 11.1. The fraction of sp³-hybridized carbons (Fsp3) is 0.480. The van der Waals surface area contributed by atoms with Crippen LogP contribution in [0, 0.1) is 19.8 Å². The summed E-state index contributed by atoms with van der Waals surface area (Å²) in [5, 5.41) is 0. The fourth-order valence-corrected chi connectivity index (χ4v) is 6.13. The zero-order valence-electron chi connectivity index (χ0n) is 19.8. The highest BCUT2D eigenvalue weighted by Crippen LogP contribution is 2.26. The molecule has 1 aromatic carbocycles. The molecule has 0 N–H and O–H groups in total. The average molecular weight is 485 g/mol. The Labute approximate surface area is 201 Å². The molecular weight excluding hydrogens is 452 g/mol. The van der Waals surface area contributed by atoms with E-state index in [1.54, 1.807) is 23.2 Å². The van der Waals surface area contributed by atoms with E-state index in [1.807, 2.05) is 43.0 Å². The number of carbonyl (C=O) groups is 2. The molecule has 2 saturated heterocycles. The summed E-state index contributed by atoms with van der Waals surface area (Å²) < 4.78 is 27.6. The van der Waals surface area contributed by atoms with Crippen LogP contribution in [0.15, 0.2) is 47.5 Å². The monoisotopic (exact) mass is 484 g/mol. The summed E-state index contributed by atoms with van der Waals surface area (Å²) in [6, 6.07) is 10.7. The van der Waals surface area contributed by atoms with Gasteiger partial charge in [-0.15, -0.1) is 0 Å². The van der Waals surface area contributed by atoms with Gasteiger partial charge in [0.15, 0.2) is 0 Å². The lowest BCUT2D eigenvalue weighted by molar-refractivity contribution is -0.142. The highest BCUT2D eigenvalue weighted by atomic mass is 32.2. The number of sulfonamides is 1. The third kappa shape index (κ3) is 5.31. The molecule has 0 unspecified atom stereocenters. The maximum absolute atomic E-state index is 13.1. The lowest BCUT2D eigenvalue weighted by atomic mass is 9.96. The SMILES string of the molecule is Cc1ccc(S(=O)(=O)N2CCC(C(=O)N3CCN(C(=O)Cc4ccccn4)CC3)CC2)cc1C. The molecule has 34 heavy (non-hydrogen) atoms. The van der Waals surface area contributed by atoms with Crippen molar-refractivity contribution < 1.29 is 18.0 Å². The molecule has 2 amide bonds. The number of carbonyl (C=O) groups excluding carboxylic acids is 2. The Hall–Kier alpha value is -2.78. The number of hydrogen-bond donors (Lipinski definition) is 0. The maximum Gasteiger partial charge on any atom is 0.243 e. The summed E-state index contributed by atoms with van der Waals surface area (Å²) in [6.45, 7) is 6.59. The Balaban J connectivity index is 1.28. The van der Waals surface area contributed by atoms with Gasteiger partial charge in [0.05, 0.1) is 11.3 Å². The second kappa shape index (κ2) is 10.2. The molecule has 0 radical (unpaired) electrons. The molecule has 3 heterocycles. The summed E-state index contributed by atoms with van der Waals surface area (Å²) in [5.74, 6) is -0.0855. The van der Waals surface area contributed by atoms with Gasteiger partial charge in [-0.25, -0.2) is 8.42 Å². The molecule has 0 aliphatic carbocycles. The molecule has 0 saturated carbocycles. The molecule has 2 aromatic rings. The number of pyridine rings is 1. The highest BCUT2D eigenvalue weighted by Gasteiger charge is 2.35. The van der Waals surface area contributed by atoms with E-state index >= 15 is 0 Å². The van der Waals surface area contributed by atoms with Crippen LogP contribution in [0.1, 0.15) is 29.7 Å². The predicted molar refractivity (Wildman–Crippen MR) is 128 cm³/mol. The molecule has 2 aliphatic rings. The summed E-state index contributed by atoms with van der Waals surface area (Å²) >= 11 is 0. The first-order chi connectivity index (χ1) is 16.3. The van der Waals surface area contributed by atoms with Gasteiger partial charge in [-0.3, -0.25) is 14.6 Å². The standard InChI is InChI=1S/C25H32N4O4S/c1-19-6-7-23(17-20(19)2)34(32,33)29-11-8-21(9-12-29)25(31)28-15-13-27(14-16-28)24(30)18-22-5-3-4-10-26-22/h3-7,10,17,21H,8-9,11-16,18H2,1-2H3. The van der Waals surface area contributed by atoms with Gasteiger partial charge in [-0.05, 0) is 62.1 Å². The zero-order valence-corrected chi connectivity index (χ0v) is 20.6. The van der Waals surface area contributed by atoms with Crippen LogP contribution in [0.4, 0.5) is 0 Å². The van der Waals surface area contributed by atoms with Gasteiger partial charge in [0, 0.05) is 57.1 Å². The second-order valence-electron chi connectivity index (χ2n) is 9.13. The third-order valence-electron chi connectivity index (χ3n) is 6.92. The van der Waals surface area contributed by atoms with E-state index in [4.69, 9.17) is 0 Å². The van der Waals surface area contributed by atoms with Crippen LogP contribution < -0.4 is 0 Å². The van der Waals surface area contributed by atoms with Crippen LogP contribution in [-0.2, 0) is 26.0 Å². The van der Waals surface area contributed by atoms with Crippen molar-refractivity contribution in [2.24, 2.45) is 5.92 Å². The largest absolute Gasteiger partial charge is 0.339 e. The van der Waals surface area contributed by atoms with Crippen molar-refractivity contribution in [2.45, 2.75) is 38.0 Å². The van der Waals surface area contributed by atoms with Gasteiger partial charge >= 0.3 is 0 Å². The van der Waals surface area contributed by atoms with Crippen molar-refractivity contribution in [3.8, 4) is 0 Å². The fourth-order valence-electron chi connectivity index (χ4n) is 4.57. The summed E-state index contributed by atoms with van der Waals surface area (Å²) in [7, 11) is -3.56. The summed E-state index contributed by atoms with van der Waals surface area (Å²) in [6.07, 6.45) is 2.98. The molecule has 0 bridgehead atoms. The molecule has 0 spiro atoms. The minimum atomic E-state index is -3.56. The van der Waals surface area contributed by atoms with Crippen LogP contribution in [0.2, 0.25) is 0 Å². The minimum Gasteiger partial charge on any atom is -0.339 e. The first kappa shape index (κ1) is 24.3. The molecule has 1 aromatic heterocycles. The number of aromatic nitrogens is 1. The van der Waals surface area contributed by atoms with E-state index in [0.717, 1.165) is 16.8 Å². The highest BCUT2D eigenvalue weighted by molar-refractivity contribution is 7.89. The van der Waals surface area contributed by atoms with E-state index in [2.05, 4.69) is 4.98 Å². The van der Waals surface area contributed by atoms with Crippen LogP contribution in [0.5, 0.6) is 0 Å². The maximum atomic E-state index is 13.1. The van der Waals surface area contributed by atoms with Gasteiger partial charge in [0.1, 0.15) is 0 Å². The lowest BCUT2D eigenvalue weighted by Gasteiger charge is -2.38. The molecule has 8 nitrogen and oxygen atoms in total. The molecule has 2 aliphatic heterocycles. The van der Waals surface area contributed by atoms with Crippen molar-refractivity contribution in [2.75, 3.05) is 39.3 Å². The Morgan fingerprint density at radius 3 is 2.21 bits per heavy atom. The van der Waals surface area contributed by atoms with Crippen molar-refractivity contribution >= 4 is 21.8 Å². The number of hydrogen-bond acceptors (Lipinski definition) is 5. The van der Waals surface area contributed by atoms with Gasteiger partial charge in [0.25, 0.3) is 0 Å². The summed E-state index contributed by atoms with van der Waals surface area (Å²) in [5.41, 5.74) is 2.75. The van der Waals surface area contributed by atoms with Crippen molar-refractivity contribution in [1.29, 1.82) is 0 Å². The first-order valence-electron chi connectivity index (χ1n) is 11.8.